The van der Waals surface area contributed by atoms with Gasteiger partial charge in [-0.2, -0.15) is 0 Å². The molecule has 104 valence electrons. The Morgan fingerprint density at radius 2 is 1.83 bits per heavy atom. The van der Waals surface area contributed by atoms with Gasteiger partial charge in [-0.05, 0) is 39.0 Å². The summed E-state index contributed by atoms with van der Waals surface area (Å²) < 4.78 is 0. The molecule has 0 spiro atoms. The van der Waals surface area contributed by atoms with Crippen molar-refractivity contribution >= 4 is 5.91 Å². The van der Waals surface area contributed by atoms with Crippen LogP contribution in [0, 0.1) is 5.92 Å². The van der Waals surface area contributed by atoms with Gasteiger partial charge in [0.25, 0.3) is 0 Å². The smallest absolute Gasteiger partial charge is 0.225 e. The molecular formula is C15H28N2O. The molecule has 18 heavy (non-hydrogen) atoms. The molecule has 0 aromatic rings. The van der Waals surface area contributed by atoms with Crippen LogP contribution < -0.4 is 5.73 Å². The van der Waals surface area contributed by atoms with Gasteiger partial charge >= 0.3 is 0 Å². The van der Waals surface area contributed by atoms with Crippen molar-refractivity contribution in [2.75, 3.05) is 6.54 Å². The van der Waals surface area contributed by atoms with Crippen LogP contribution in [0.25, 0.3) is 0 Å². The van der Waals surface area contributed by atoms with E-state index in [-0.39, 0.29) is 12.0 Å². The van der Waals surface area contributed by atoms with Crippen molar-refractivity contribution in [3.63, 3.8) is 0 Å². The first-order chi connectivity index (χ1) is 8.72. The molecule has 2 aliphatic rings. The zero-order valence-electron chi connectivity index (χ0n) is 11.7. The van der Waals surface area contributed by atoms with Crippen LogP contribution in [-0.2, 0) is 4.79 Å². The normalized spacial score (nSPS) is 30.1. The summed E-state index contributed by atoms with van der Waals surface area (Å²) in [7, 11) is 0. The van der Waals surface area contributed by atoms with E-state index in [4.69, 9.17) is 5.73 Å². The van der Waals surface area contributed by atoms with Gasteiger partial charge in [-0.1, -0.05) is 25.7 Å². The highest BCUT2D eigenvalue weighted by molar-refractivity contribution is 5.79. The molecule has 2 fully saturated rings. The molecule has 2 rings (SSSR count). The van der Waals surface area contributed by atoms with E-state index in [9.17, 15) is 4.79 Å². The molecule has 2 atom stereocenters. The number of rotatable bonds is 3. The van der Waals surface area contributed by atoms with E-state index in [1.54, 1.807) is 0 Å². The summed E-state index contributed by atoms with van der Waals surface area (Å²) >= 11 is 0. The lowest BCUT2D eigenvalue weighted by atomic mass is 9.84. The summed E-state index contributed by atoms with van der Waals surface area (Å²) in [5.74, 6) is 0.593. The second-order valence-electron chi connectivity index (χ2n) is 6.04. The molecule has 0 aromatic carbocycles. The summed E-state index contributed by atoms with van der Waals surface area (Å²) in [4.78, 5) is 14.8. The van der Waals surface area contributed by atoms with Crippen LogP contribution in [-0.4, -0.2) is 29.4 Å². The molecule has 0 aromatic heterocycles. The lowest BCUT2D eigenvalue weighted by Crippen LogP contribution is -2.46. The molecule has 2 saturated carbocycles. The van der Waals surface area contributed by atoms with Crippen LogP contribution in [0.3, 0.4) is 0 Å². The fourth-order valence-corrected chi connectivity index (χ4v) is 3.67. The second kappa shape index (κ2) is 6.55. The number of hydrogen-bond acceptors (Lipinski definition) is 2. The number of nitrogens with zero attached hydrogens (tertiary/aromatic N) is 1. The predicted molar refractivity (Wildman–Crippen MR) is 74.2 cm³/mol. The molecule has 3 heteroatoms. The molecule has 2 aliphatic carbocycles. The van der Waals surface area contributed by atoms with Gasteiger partial charge in [0.1, 0.15) is 0 Å². The van der Waals surface area contributed by atoms with Gasteiger partial charge in [0.15, 0.2) is 0 Å². The number of carbonyl (C=O) groups excluding carboxylic acids is 1. The first-order valence-corrected chi connectivity index (χ1v) is 7.78. The molecule has 0 bridgehead atoms. The molecule has 3 nitrogen and oxygen atoms in total. The van der Waals surface area contributed by atoms with Gasteiger partial charge in [0.2, 0.25) is 5.91 Å². The van der Waals surface area contributed by atoms with E-state index in [1.807, 2.05) is 0 Å². The maximum absolute atomic E-state index is 12.6. The summed E-state index contributed by atoms with van der Waals surface area (Å²) in [6, 6.07) is 0.757. The Morgan fingerprint density at radius 3 is 2.44 bits per heavy atom. The third-order valence-electron chi connectivity index (χ3n) is 4.70. The largest absolute Gasteiger partial charge is 0.340 e. The topological polar surface area (TPSA) is 46.3 Å². The third kappa shape index (κ3) is 3.25. The zero-order valence-corrected chi connectivity index (χ0v) is 11.7. The van der Waals surface area contributed by atoms with Crippen molar-refractivity contribution in [2.45, 2.75) is 76.8 Å². The predicted octanol–water partition coefficient (Wildman–Crippen LogP) is 2.69. The minimum atomic E-state index is 0.204. The van der Waals surface area contributed by atoms with E-state index < -0.39 is 0 Å². The molecule has 1 amide bonds. The molecule has 2 unspecified atom stereocenters. The summed E-state index contributed by atoms with van der Waals surface area (Å²) in [5, 5.41) is 0. The van der Waals surface area contributed by atoms with Crippen LogP contribution >= 0.6 is 0 Å². The number of carbonyl (C=O) groups is 1. The summed E-state index contributed by atoms with van der Waals surface area (Å²) in [6.45, 7) is 2.99. The Balaban J connectivity index is 1.95. The average molecular weight is 252 g/mol. The fraction of sp³-hybridized carbons (Fsp3) is 0.933. The maximum atomic E-state index is 12.6. The van der Waals surface area contributed by atoms with Crippen molar-refractivity contribution < 1.29 is 4.79 Å². The lowest BCUT2D eigenvalue weighted by molar-refractivity contribution is -0.139. The Morgan fingerprint density at radius 1 is 1.11 bits per heavy atom. The Kier molecular flexibility index (Phi) is 5.04. The second-order valence-corrected chi connectivity index (χ2v) is 6.04. The van der Waals surface area contributed by atoms with Crippen LogP contribution in [0.4, 0.5) is 0 Å². The zero-order chi connectivity index (χ0) is 13.0. The molecular weight excluding hydrogens is 224 g/mol. The molecule has 2 N–H and O–H groups in total. The molecule has 0 radical (unpaired) electrons. The van der Waals surface area contributed by atoms with Gasteiger partial charge in [0.05, 0.1) is 0 Å². The van der Waals surface area contributed by atoms with Crippen molar-refractivity contribution in [1.82, 2.24) is 4.90 Å². The minimum absolute atomic E-state index is 0.204. The molecule has 0 saturated heterocycles. The summed E-state index contributed by atoms with van der Waals surface area (Å²) in [6.07, 6.45) is 10.5. The van der Waals surface area contributed by atoms with Crippen molar-refractivity contribution in [1.29, 1.82) is 0 Å². The van der Waals surface area contributed by atoms with Gasteiger partial charge in [0, 0.05) is 24.5 Å². The van der Waals surface area contributed by atoms with Crippen LogP contribution in [0.1, 0.15) is 64.7 Å². The Hall–Kier alpha value is -0.570. The fourth-order valence-electron chi connectivity index (χ4n) is 3.67. The van der Waals surface area contributed by atoms with Crippen LogP contribution in [0.2, 0.25) is 0 Å². The lowest BCUT2D eigenvalue weighted by Gasteiger charge is -2.37. The van der Waals surface area contributed by atoms with E-state index >= 15 is 0 Å². The van der Waals surface area contributed by atoms with Gasteiger partial charge in [-0.25, -0.2) is 0 Å². The van der Waals surface area contributed by atoms with E-state index in [1.165, 1.54) is 32.1 Å². The molecule has 0 heterocycles. The highest BCUT2D eigenvalue weighted by atomic mass is 16.2. The van der Waals surface area contributed by atoms with Gasteiger partial charge < -0.3 is 10.6 Å². The van der Waals surface area contributed by atoms with Crippen LogP contribution in [0.15, 0.2) is 0 Å². The highest BCUT2D eigenvalue weighted by Crippen LogP contribution is 2.29. The maximum Gasteiger partial charge on any atom is 0.225 e. The Labute approximate surface area is 111 Å². The number of nitrogens with two attached hydrogens (primary N) is 1. The first kappa shape index (κ1) is 13.9. The van der Waals surface area contributed by atoms with Gasteiger partial charge in [-0.3, -0.25) is 4.79 Å². The monoisotopic (exact) mass is 252 g/mol. The third-order valence-corrected chi connectivity index (χ3v) is 4.70. The summed E-state index contributed by atoms with van der Waals surface area (Å²) in [5.41, 5.74) is 6.01. The number of amides is 1. The van der Waals surface area contributed by atoms with E-state index in [2.05, 4.69) is 11.8 Å². The molecule has 0 aliphatic heterocycles. The standard InChI is InChI=1S/C15H28N2O/c1-2-17(14-9-4-3-5-10-14)15(18)12-7-6-8-13(16)11-12/h12-14H,2-11,16H2,1H3. The van der Waals surface area contributed by atoms with Crippen molar-refractivity contribution in [2.24, 2.45) is 11.7 Å². The average Bonchev–Trinajstić information content (AvgIpc) is 2.41. The quantitative estimate of drug-likeness (QED) is 0.839. The SMILES string of the molecule is CCN(C(=O)C1CCCC(N)C1)C1CCCCC1. The van der Waals surface area contributed by atoms with E-state index in [0.717, 1.165) is 32.2 Å². The minimum Gasteiger partial charge on any atom is -0.340 e. The van der Waals surface area contributed by atoms with E-state index in [0.29, 0.717) is 11.9 Å². The number of hydrogen-bond donors (Lipinski definition) is 1. The Bertz CT molecular complexity index is 274. The van der Waals surface area contributed by atoms with Gasteiger partial charge in [-0.15, -0.1) is 0 Å². The van der Waals surface area contributed by atoms with Crippen molar-refractivity contribution in [3.8, 4) is 0 Å². The van der Waals surface area contributed by atoms with Crippen molar-refractivity contribution in [3.05, 3.63) is 0 Å². The highest BCUT2D eigenvalue weighted by Gasteiger charge is 2.32. The van der Waals surface area contributed by atoms with Crippen LogP contribution in [0.5, 0.6) is 0 Å². The first-order valence-electron chi connectivity index (χ1n) is 7.78.